The van der Waals surface area contributed by atoms with E-state index in [4.69, 9.17) is 9.85 Å². The van der Waals surface area contributed by atoms with Crippen LogP contribution in [-0.4, -0.2) is 39.5 Å². The molecule has 1 unspecified atom stereocenters. The van der Waals surface area contributed by atoms with E-state index in [1.807, 2.05) is 0 Å². The molecule has 5 nitrogen and oxygen atoms in total. The lowest BCUT2D eigenvalue weighted by Gasteiger charge is -2.27. The number of hydrogen-bond acceptors (Lipinski definition) is 5. The molecule has 0 saturated carbocycles. The van der Waals surface area contributed by atoms with Gasteiger partial charge in [-0.15, -0.1) is 0 Å². The Morgan fingerprint density at radius 2 is 1.39 bits per heavy atom. The monoisotopic (exact) mass is 528 g/mol. The van der Waals surface area contributed by atoms with E-state index >= 15 is 0 Å². The molecule has 0 bridgehead atoms. The zero-order valence-electron chi connectivity index (χ0n) is 8.55. The summed E-state index contributed by atoms with van der Waals surface area (Å²) >= 11 is 4.24. The summed E-state index contributed by atoms with van der Waals surface area (Å²) in [6.45, 7) is 5.17. The van der Waals surface area contributed by atoms with Crippen LogP contribution >= 0.6 is 37.2 Å². The smallest absolute Gasteiger partial charge is 0.337 e. The van der Waals surface area contributed by atoms with E-state index in [1.54, 1.807) is 19.6 Å². The van der Waals surface area contributed by atoms with Crippen LogP contribution < -0.4 is 11.1 Å². The molecule has 0 spiro atoms. The Labute approximate surface area is 140 Å². The van der Waals surface area contributed by atoms with Crippen molar-refractivity contribution in [1.29, 1.82) is 0 Å². The molecule has 9 heteroatoms. The van der Waals surface area contributed by atoms with Crippen LogP contribution in [0.3, 0.4) is 0 Å². The molecule has 1 atom stereocenters. The molecule has 0 heterocycles. The number of halogens is 2. The summed E-state index contributed by atoms with van der Waals surface area (Å²) in [4.78, 5) is 19.0. The Kier molecular flexibility index (Phi) is 38.1. The average molecular weight is 528 g/mol. The highest BCUT2D eigenvalue weighted by Crippen LogP contribution is 2.07. The maximum atomic E-state index is 9.65. The van der Waals surface area contributed by atoms with Crippen LogP contribution in [0.25, 0.3) is 0 Å². The minimum Gasteiger partial charge on any atom is -0.414 e. The van der Waals surface area contributed by atoms with Gasteiger partial charge in [-0.2, -0.15) is 0 Å². The molecule has 0 aliphatic carbocycles. The molecule has 0 aromatic rings. The van der Waals surface area contributed by atoms with E-state index < -0.39 is 17.1 Å². The lowest BCUT2D eigenvalue weighted by molar-refractivity contribution is 0.311. The first-order valence-corrected chi connectivity index (χ1v) is 15.7. The summed E-state index contributed by atoms with van der Waals surface area (Å²) in [7, 11) is -5.35. The van der Waals surface area contributed by atoms with Crippen molar-refractivity contribution in [2.75, 3.05) is 12.8 Å². The van der Waals surface area contributed by atoms with Crippen molar-refractivity contribution in [1.82, 2.24) is 5.32 Å². The van der Waals surface area contributed by atoms with Crippen LogP contribution in [0.2, 0.25) is 19.6 Å². The maximum absolute atomic E-state index is 9.65. The highest BCUT2D eigenvalue weighted by molar-refractivity contribution is 15.0. The molecule has 120 valence electrons. The fourth-order valence-electron chi connectivity index (χ4n) is 0.878. The predicted molar refractivity (Wildman–Crippen MR) is 107 cm³/mol. The first-order valence-electron chi connectivity index (χ1n) is 3.97. The van der Waals surface area contributed by atoms with E-state index in [1.165, 1.54) is 0 Å². The molecule has 18 heavy (non-hydrogen) atoms. The highest BCUT2D eigenvalue weighted by atomic mass is 128. The van der Waals surface area contributed by atoms with Crippen LogP contribution in [0, 0.1) is 0 Å². The van der Waals surface area contributed by atoms with Gasteiger partial charge in [-0.05, 0) is 19.6 Å². The molecule has 5 N–H and O–H groups in total. The summed E-state index contributed by atoms with van der Waals surface area (Å²) in [6, 6.07) is 0. The van der Waals surface area contributed by atoms with Crippen molar-refractivity contribution >= 4 is 54.4 Å². The van der Waals surface area contributed by atoms with Gasteiger partial charge in [-0.3, -0.25) is 0 Å². The zero-order valence-corrected chi connectivity index (χ0v) is 14.9. The topological polar surface area (TPSA) is 87.7 Å². The fraction of sp³-hybridized carbons (Fsp3) is 1.00. The SMILES string of the molecule is C.C.C.C.C[Si](C)(O)O[Si](C)(O)CNCN.II. The van der Waals surface area contributed by atoms with Gasteiger partial charge in [0.1, 0.15) is 0 Å². The fourth-order valence-corrected chi connectivity index (χ4v) is 6.08. The van der Waals surface area contributed by atoms with Gasteiger partial charge in [-0.1, -0.05) is 29.7 Å². The van der Waals surface area contributed by atoms with Gasteiger partial charge in [0, 0.05) is 50.1 Å². The number of rotatable bonds is 5. The van der Waals surface area contributed by atoms with E-state index in [0.29, 0.717) is 12.8 Å². The molecule has 0 amide bonds. The van der Waals surface area contributed by atoms with E-state index in [2.05, 4.69) is 42.5 Å². The van der Waals surface area contributed by atoms with Crippen molar-refractivity contribution in [3.8, 4) is 0 Å². The normalized spacial score (nSPS) is 12.0. The Morgan fingerprint density at radius 1 is 1.06 bits per heavy atom. The molecule has 0 aromatic heterocycles. The Morgan fingerprint density at radius 3 is 1.61 bits per heavy atom. The third-order valence-corrected chi connectivity index (χ3v) is 5.73. The average Bonchev–Trinajstić information content (AvgIpc) is 2.00. The predicted octanol–water partition coefficient (Wildman–Crippen LogP) is 3.12. The summed E-state index contributed by atoms with van der Waals surface area (Å²) < 4.78 is 5.20. The number of nitrogens with two attached hydrogens (primary N) is 1. The van der Waals surface area contributed by atoms with Gasteiger partial charge in [0.2, 0.25) is 0 Å². The summed E-state index contributed by atoms with van der Waals surface area (Å²) in [5.74, 6) is 0. The Balaban J connectivity index is -0.0000000569. The van der Waals surface area contributed by atoms with Crippen molar-refractivity contribution in [2.24, 2.45) is 5.73 Å². The number of nitrogens with one attached hydrogen (secondary N) is 1. The second-order valence-corrected chi connectivity index (χ2v) is 9.77. The van der Waals surface area contributed by atoms with Crippen LogP contribution in [0.15, 0.2) is 0 Å². The minimum absolute atomic E-state index is 0. The van der Waals surface area contributed by atoms with E-state index in [0.717, 1.165) is 0 Å². The van der Waals surface area contributed by atoms with Crippen molar-refractivity contribution < 1.29 is 13.7 Å². The second kappa shape index (κ2) is 18.7. The third-order valence-electron chi connectivity index (χ3n) is 1.07. The standard InChI is InChI=1S/C5H18N2O3Si2.4CH4.I2/c1-11(2,8)10-12(3,9)5-7-4-6;;;;;1-2/h7-9H,4-6H2,1-3H3;4*1H4;. The Bertz CT molecular complexity index is 150. The second-order valence-electron chi connectivity index (χ2n) is 3.35. The quantitative estimate of drug-likeness (QED) is 0.250. The van der Waals surface area contributed by atoms with E-state index in [-0.39, 0.29) is 29.7 Å². The molecular weight excluding hydrogens is 494 g/mol. The van der Waals surface area contributed by atoms with Gasteiger partial charge >= 0.3 is 17.1 Å². The van der Waals surface area contributed by atoms with Crippen molar-refractivity contribution in [2.45, 2.75) is 49.3 Å². The zero-order chi connectivity index (χ0) is 11.8. The molecule has 0 aromatic carbocycles. The lowest BCUT2D eigenvalue weighted by atomic mass is 11.1. The molecule has 0 radical (unpaired) electrons. The van der Waals surface area contributed by atoms with Crippen LogP contribution in [0.4, 0.5) is 0 Å². The minimum atomic E-state index is -2.74. The van der Waals surface area contributed by atoms with Crippen LogP contribution in [-0.2, 0) is 4.12 Å². The van der Waals surface area contributed by atoms with Crippen LogP contribution in [0.1, 0.15) is 29.7 Å². The molecule has 0 aliphatic heterocycles. The molecule has 0 rings (SSSR count). The summed E-state index contributed by atoms with van der Waals surface area (Å²) in [5, 5.41) is 2.79. The first kappa shape index (κ1) is 36.7. The lowest BCUT2D eigenvalue weighted by Crippen LogP contribution is -2.53. The van der Waals surface area contributed by atoms with Gasteiger partial charge in [0.25, 0.3) is 0 Å². The van der Waals surface area contributed by atoms with Gasteiger partial charge in [0.15, 0.2) is 0 Å². The van der Waals surface area contributed by atoms with Crippen molar-refractivity contribution in [3.05, 3.63) is 0 Å². The van der Waals surface area contributed by atoms with E-state index in [9.17, 15) is 9.59 Å². The first-order chi connectivity index (χ1) is 6.27. The third kappa shape index (κ3) is 30.6. The van der Waals surface area contributed by atoms with Gasteiger partial charge in [0.05, 0.1) is 0 Å². The van der Waals surface area contributed by atoms with Crippen LogP contribution in [0.5, 0.6) is 0 Å². The van der Waals surface area contributed by atoms with Gasteiger partial charge < -0.3 is 24.8 Å². The molecule has 0 aliphatic rings. The largest absolute Gasteiger partial charge is 0.414 e. The molecular formula is C9H34I2N2O3Si2. The summed E-state index contributed by atoms with van der Waals surface area (Å²) in [5.41, 5.74) is 5.19. The summed E-state index contributed by atoms with van der Waals surface area (Å²) in [6.07, 6.45) is 0.348. The highest BCUT2D eigenvalue weighted by Gasteiger charge is 2.34. The number of hydrogen-bond donors (Lipinski definition) is 4. The maximum Gasteiger partial charge on any atom is 0.337 e. The Hall–Kier alpha value is 1.69. The van der Waals surface area contributed by atoms with Crippen molar-refractivity contribution in [3.63, 3.8) is 0 Å². The van der Waals surface area contributed by atoms with Gasteiger partial charge in [-0.25, -0.2) is 0 Å². The molecule has 0 saturated heterocycles. The molecule has 0 fully saturated rings.